The molecule has 78 heavy (non-hydrogen) atoms. The van der Waals surface area contributed by atoms with Crippen LogP contribution in [0.3, 0.4) is 0 Å². The van der Waals surface area contributed by atoms with Gasteiger partial charge in [0.25, 0.3) is 0 Å². The number of hydrogen-bond acceptors (Lipinski definition) is 10. The van der Waals surface area contributed by atoms with Gasteiger partial charge in [0, 0.05) is 19.3 Å². The summed E-state index contributed by atoms with van der Waals surface area (Å²) in [5, 5.41) is 9.83. The van der Waals surface area contributed by atoms with Gasteiger partial charge < -0.3 is 24.2 Å². The number of hydrogen-bond donors (Lipinski definition) is 2. The van der Waals surface area contributed by atoms with Crippen LogP contribution in [0.5, 0.6) is 0 Å². The van der Waals surface area contributed by atoms with E-state index in [1.54, 1.807) is 0 Å². The number of carbonyl (C=O) groups excluding carboxylic acids is 3. The number of allylic oxidation sites excluding steroid dienone is 12. The van der Waals surface area contributed by atoms with Gasteiger partial charge in [-0.15, -0.1) is 0 Å². The molecule has 0 aromatic heterocycles. The highest BCUT2D eigenvalue weighted by molar-refractivity contribution is 7.47. The predicted molar refractivity (Wildman–Crippen MR) is 325 cm³/mol. The van der Waals surface area contributed by atoms with Crippen LogP contribution in [0.15, 0.2) is 72.9 Å². The Labute approximate surface area is 478 Å². The summed E-state index contributed by atoms with van der Waals surface area (Å²) in [6.07, 6.45) is 68.6. The van der Waals surface area contributed by atoms with E-state index in [1.165, 1.54) is 141 Å². The topological polar surface area (TPSA) is 155 Å². The molecule has 3 unspecified atom stereocenters. The van der Waals surface area contributed by atoms with Crippen LogP contribution < -0.4 is 0 Å². The van der Waals surface area contributed by atoms with E-state index >= 15 is 0 Å². The quantitative estimate of drug-likeness (QED) is 0.0197. The molecule has 0 aliphatic carbocycles. The lowest BCUT2D eigenvalue weighted by molar-refractivity contribution is -0.161. The maximum Gasteiger partial charge on any atom is 0.472 e. The van der Waals surface area contributed by atoms with Gasteiger partial charge in [-0.1, -0.05) is 254 Å². The Hall–Kier alpha value is -3.08. The van der Waals surface area contributed by atoms with Gasteiger partial charge in [0.1, 0.15) is 12.7 Å². The van der Waals surface area contributed by atoms with Crippen LogP contribution in [0.25, 0.3) is 0 Å². The minimum atomic E-state index is -4.76. The minimum Gasteiger partial charge on any atom is -0.462 e. The zero-order valence-corrected chi connectivity index (χ0v) is 51.0. The van der Waals surface area contributed by atoms with Crippen molar-refractivity contribution in [3.63, 3.8) is 0 Å². The van der Waals surface area contributed by atoms with Crippen molar-refractivity contribution in [2.24, 2.45) is 0 Å². The third kappa shape index (κ3) is 57.6. The summed E-state index contributed by atoms with van der Waals surface area (Å²) in [4.78, 5) is 48.7. The first kappa shape index (κ1) is 74.9. The summed E-state index contributed by atoms with van der Waals surface area (Å²) >= 11 is 0. The molecule has 0 fully saturated rings. The molecule has 0 aromatic carbocycles. The Kier molecular flexibility index (Phi) is 57.7. The lowest BCUT2D eigenvalue weighted by atomic mass is 10.0. The van der Waals surface area contributed by atoms with Crippen LogP contribution in [0.1, 0.15) is 290 Å². The molecular weight excluding hydrogens is 1000 g/mol. The Morgan fingerprint density at radius 1 is 0.372 bits per heavy atom. The van der Waals surface area contributed by atoms with Crippen molar-refractivity contribution in [3.05, 3.63) is 72.9 Å². The van der Waals surface area contributed by atoms with Crippen molar-refractivity contribution < 1.29 is 52.2 Å². The fourth-order valence-corrected chi connectivity index (χ4v) is 9.57. The standard InChI is InChI=1S/C66H117O11P/c1-4-7-10-13-16-19-22-25-28-30-31-33-35-37-40-43-46-49-52-55-64(68)73-59-63(77-66(70)57-54-51-48-45-42-39-36-32-29-26-23-20-17-14-11-8-5-2)61-75-78(71,72)74-60-62(58-67)76-65(69)56-53-50-47-44-41-38-34-27-24-21-18-15-12-9-6-3/h9,12,16,18-19,21,25,27-28,34,41,44,62-63,67H,4-8,10-11,13-15,17,20,22-24,26,29-33,35-40,42-43,45-61H2,1-3H3,(H,71,72)/b12-9-,19-16-,21-18-,28-25-,34-27-,44-41-. The van der Waals surface area contributed by atoms with E-state index in [0.29, 0.717) is 19.3 Å². The molecule has 3 atom stereocenters. The first-order chi connectivity index (χ1) is 38.2. The fraction of sp³-hybridized carbons (Fsp3) is 0.773. The monoisotopic (exact) mass is 1120 g/mol. The maximum atomic E-state index is 13.0. The van der Waals surface area contributed by atoms with Crippen LogP contribution >= 0.6 is 7.82 Å². The molecule has 0 radical (unpaired) electrons. The maximum absolute atomic E-state index is 13.0. The fourth-order valence-electron chi connectivity index (χ4n) is 8.79. The highest BCUT2D eigenvalue weighted by Crippen LogP contribution is 2.43. The Morgan fingerprint density at radius 2 is 0.667 bits per heavy atom. The van der Waals surface area contributed by atoms with Gasteiger partial charge in [-0.2, -0.15) is 0 Å². The van der Waals surface area contributed by atoms with Gasteiger partial charge in [-0.3, -0.25) is 23.4 Å². The van der Waals surface area contributed by atoms with E-state index in [2.05, 4.69) is 93.7 Å². The zero-order chi connectivity index (χ0) is 56.9. The molecule has 0 saturated heterocycles. The molecule has 0 heterocycles. The molecule has 0 aliphatic heterocycles. The number of unbranched alkanes of at least 4 members (excludes halogenated alkanes) is 30. The first-order valence-corrected chi connectivity index (χ1v) is 33.3. The largest absolute Gasteiger partial charge is 0.472 e. The number of carbonyl (C=O) groups is 3. The van der Waals surface area contributed by atoms with Gasteiger partial charge in [0.15, 0.2) is 6.10 Å². The summed E-state index contributed by atoms with van der Waals surface area (Å²) in [5.41, 5.74) is 0. The van der Waals surface area contributed by atoms with E-state index in [4.69, 9.17) is 23.3 Å². The summed E-state index contributed by atoms with van der Waals surface area (Å²) in [6.45, 7) is 4.50. The van der Waals surface area contributed by atoms with E-state index in [-0.39, 0.29) is 25.9 Å². The molecule has 11 nitrogen and oxygen atoms in total. The number of rotatable bonds is 59. The average molecular weight is 1120 g/mol. The number of aliphatic hydroxyl groups excluding tert-OH is 1. The molecule has 452 valence electrons. The van der Waals surface area contributed by atoms with Crippen molar-refractivity contribution in [3.8, 4) is 0 Å². The van der Waals surface area contributed by atoms with E-state index in [9.17, 15) is 28.9 Å². The van der Waals surface area contributed by atoms with Crippen molar-refractivity contribution in [1.82, 2.24) is 0 Å². The van der Waals surface area contributed by atoms with Crippen molar-refractivity contribution >= 4 is 25.7 Å². The average Bonchev–Trinajstić information content (AvgIpc) is 3.43. The normalized spacial score (nSPS) is 13.8. The predicted octanol–water partition coefficient (Wildman–Crippen LogP) is 19.3. The molecule has 0 bridgehead atoms. The van der Waals surface area contributed by atoms with E-state index < -0.39 is 57.8 Å². The lowest BCUT2D eigenvalue weighted by Gasteiger charge is -2.21. The van der Waals surface area contributed by atoms with Crippen LogP contribution in [0, 0.1) is 0 Å². The second-order valence-electron chi connectivity index (χ2n) is 21.2. The first-order valence-electron chi connectivity index (χ1n) is 31.8. The van der Waals surface area contributed by atoms with Gasteiger partial charge in [-0.25, -0.2) is 4.57 Å². The summed E-state index contributed by atoms with van der Waals surface area (Å²) in [6, 6.07) is 0. The number of ether oxygens (including phenoxy) is 3. The van der Waals surface area contributed by atoms with Crippen LogP contribution in [-0.2, 0) is 42.2 Å². The van der Waals surface area contributed by atoms with Gasteiger partial charge >= 0.3 is 25.7 Å². The number of phosphoric acid groups is 1. The van der Waals surface area contributed by atoms with Crippen molar-refractivity contribution in [1.29, 1.82) is 0 Å². The Morgan fingerprint density at radius 3 is 1.08 bits per heavy atom. The number of esters is 3. The smallest absolute Gasteiger partial charge is 0.462 e. The number of phosphoric ester groups is 1. The Balaban J connectivity index is 4.73. The summed E-state index contributed by atoms with van der Waals surface area (Å²) in [7, 11) is -4.76. The van der Waals surface area contributed by atoms with Crippen LogP contribution in [0.2, 0.25) is 0 Å². The highest BCUT2D eigenvalue weighted by Gasteiger charge is 2.28. The van der Waals surface area contributed by atoms with E-state index in [1.807, 2.05) is 0 Å². The van der Waals surface area contributed by atoms with Gasteiger partial charge in [0.05, 0.1) is 19.8 Å². The third-order valence-corrected chi connectivity index (χ3v) is 14.6. The lowest BCUT2D eigenvalue weighted by Crippen LogP contribution is -2.30. The molecule has 0 aromatic rings. The third-order valence-electron chi connectivity index (χ3n) is 13.6. The highest BCUT2D eigenvalue weighted by atomic mass is 31.2. The van der Waals surface area contributed by atoms with Crippen molar-refractivity contribution in [2.75, 3.05) is 26.4 Å². The molecule has 12 heteroatoms. The summed E-state index contributed by atoms with van der Waals surface area (Å²) in [5.74, 6) is -1.50. The Bertz CT molecular complexity index is 1590. The second kappa shape index (κ2) is 60.0. The SMILES string of the molecule is CC/C=C\C/C=C\C/C=C\C/C=C\CCCCC(=O)OC(CO)COP(=O)(O)OCC(COC(=O)CCCCCCCCCCC/C=C\C/C=C\CCCCC)OC(=O)CCCCCCCCCCCCCCCCCCC. The molecule has 0 aliphatic rings. The minimum absolute atomic E-state index is 0.124. The molecule has 0 amide bonds. The van der Waals surface area contributed by atoms with Crippen molar-refractivity contribution in [2.45, 2.75) is 303 Å². The number of aliphatic hydroxyl groups is 1. The van der Waals surface area contributed by atoms with Gasteiger partial charge in [0.2, 0.25) is 0 Å². The molecule has 2 N–H and O–H groups in total. The molecule has 0 spiro atoms. The molecule has 0 rings (SSSR count). The van der Waals surface area contributed by atoms with Crippen LogP contribution in [-0.4, -0.2) is 66.5 Å². The van der Waals surface area contributed by atoms with Crippen LogP contribution in [0.4, 0.5) is 0 Å². The summed E-state index contributed by atoms with van der Waals surface area (Å²) < 4.78 is 39.6. The van der Waals surface area contributed by atoms with E-state index in [0.717, 1.165) is 89.9 Å². The van der Waals surface area contributed by atoms with Gasteiger partial charge in [-0.05, 0) is 89.9 Å². The zero-order valence-electron chi connectivity index (χ0n) is 50.1. The second-order valence-corrected chi connectivity index (χ2v) is 22.7. The molecular formula is C66H117O11P. The molecule has 0 saturated carbocycles.